The van der Waals surface area contributed by atoms with Crippen LogP contribution in [0.2, 0.25) is 0 Å². The van der Waals surface area contributed by atoms with E-state index in [9.17, 15) is 13.5 Å². The highest BCUT2D eigenvalue weighted by molar-refractivity contribution is 7.90. The Morgan fingerprint density at radius 2 is 2.00 bits per heavy atom. The predicted molar refractivity (Wildman–Crippen MR) is 71.1 cm³/mol. The molecule has 0 saturated carbocycles. The fourth-order valence-electron chi connectivity index (χ4n) is 2.37. The molecule has 1 heterocycles. The van der Waals surface area contributed by atoms with Crippen molar-refractivity contribution in [3.05, 3.63) is 35.4 Å². The number of nitrogens with zero attached hydrogens (tertiary/aromatic N) is 1. The van der Waals surface area contributed by atoms with E-state index in [1.807, 2.05) is 12.1 Å². The van der Waals surface area contributed by atoms with E-state index >= 15 is 0 Å². The van der Waals surface area contributed by atoms with Gasteiger partial charge in [0, 0.05) is 25.4 Å². The van der Waals surface area contributed by atoms with Crippen LogP contribution in [-0.4, -0.2) is 49.6 Å². The topological polar surface area (TPSA) is 57.6 Å². The minimum atomic E-state index is -2.96. The summed E-state index contributed by atoms with van der Waals surface area (Å²) < 4.78 is 22.5. The van der Waals surface area contributed by atoms with Crippen LogP contribution in [0.1, 0.15) is 11.1 Å². The van der Waals surface area contributed by atoms with Gasteiger partial charge >= 0.3 is 0 Å². The summed E-state index contributed by atoms with van der Waals surface area (Å²) in [6, 6.07) is 8.16. The number of benzene rings is 1. The number of sulfone groups is 1. The molecule has 0 aromatic heterocycles. The fraction of sp³-hybridized carbons (Fsp3) is 0.538. The maximum absolute atomic E-state index is 11.2. The Morgan fingerprint density at radius 3 is 2.61 bits per heavy atom. The molecule has 0 bridgehead atoms. The molecule has 5 heteroatoms. The van der Waals surface area contributed by atoms with Crippen LogP contribution < -0.4 is 0 Å². The van der Waals surface area contributed by atoms with Crippen LogP contribution in [0, 0.1) is 0 Å². The minimum Gasteiger partial charge on any atom is -0.395 e. The predicted octanol–water partition coefficient (Wildman–Crippen LogP) is 0.450. The number of hydrogen-bond donors (Lipinski definition) is 1. The second-order valence-corrected chi connectivity index (χ2v) is 7.17. The molecule has 1 aromatic carbocycles. The van der Waals surface area contributed by atoms with Crippen LogP contribution in [0.15, 0.2) is 24.3 Å². The second kappa shape index (κ2) is 5.38. The lowest BCUT2D eigenvalue weighted by Crippen LogP contribution is -2.44. The van der Waals surface area contributed by atoms with Gasteiger partial charge in [0.15, 0.2) is 0 Å². The summed E-state index contributed by atoms with van der Waals surface area (Å²) >= 11 is 0. The highest BCUT2D eigenvalue weighted by Crippen LogP contribution is 2.22. The molecular formula is C13H19NO3S. The van der Waals surface area contributed by atoms with Crippen LogP contribution in [0.3, 0.4) is 0 Å². The van der Waals surface area contributed by atoms with Gasteiger partial charge in [-0.1, -0.05) is 24.3 Å². The zero-order valence-electron chi connectivity index (χ0n) is 10.5. The molecule has 1 aromatic rings. The molecule has 0 radical (unpaired) electrons. The Labute approximate surface area is 108 Å². The molecule has 0 fully saturated rings. The van der Waals surface area contributed by atoms with Gasteiger partial charge in [-0.15, -0.1) is 0 Å². The SMILES string of the molecule is CS(=O)(=O)CCN1Cc2ccccc2CC1CO. The molecular weight excluding hydrogens is 250 g/mol. The molecule has 4 nitrogen and oxygen atoms in total. The normalized spacial score (nSPS) is 20.7. The van der Waals surface area contributed by atoms with Gasteiger partial charge in [-0.3, -0.25) is 4.90 Å². The summed E-state index contributed by atoms with van der Waals surface area (Å²) in [5.41, 5.74) is 2.49. The van der Waals surface area contributed by atoms with Gasteiger partial charge in [0.25, 0.3) is 0 Å². The quantitative estimate of drug-likeness (QED) is 0.862. The van der Waals surface area contributed by atoms with Gasteiger partial charge in [-0.2, -0.15) is 0 Å². The smallest absolute Gasteiger partial charge is 0.148 e. The Kier molecular flexibility index (Phi) is 4.04. The van der Waals surface area contributed by atoms with Crippen molar-refractivity contribution in [1.82, 2.24) is 4.90 Å². The van der Waals surface area contributed by atoms with E-state index in [0.717, 1.165) is 13.0 Å². The van der Waals surface area contributed by atoms with Crippen molar-refractivity contribution >= 4 is 9.84 Å². The van der Waals surface area contributed by atoms with E-state index in [0.29, 0.717) is 6.54 Å². The highest BCUT2D eigenvalue weighted by Gasteiger charge is 2.25. The lowest BCUT2D eigenvalue weighted by Gasteiger charge is -2.35. The van der Waals surface area contributed by atoms with Crippen LogP contribution in [0.4, 0.5) is 0 Å². The van der Waals surface area contributed by atoms with Gasteiger partial charge in [0.2, 0.25) is 0 Å². The van der Waals surface area contributed by atoms with E-state index in [1.165, 1.54) is 17.4 Å². The zero-order chi connectivity index (χ0) is 13.2. The van der Waals surface area contributed by atoms with Crippen LogP contribution in [0.5, 0.6) is 0 Å². The number of hydrogen-bond acceptors (Lipinski definition) is 4. The summed E-state index contributed by atoms with van der Waals surface area (Å²) in [5, 5.41) is 9.43. The van der Waals surface area contributed by atoms with Crippen molar-refractivity contribution in [2.24, 2.45) is 0 Å². The molecule has 1 aliphatic rings. The Morgan fingerprint density at radius 1 is 1.33 bits per heavy atom. The number of aliphatic hydroxyl groups excluding tert-OH is 1. The molecule has 0 aliphatic carbocycles. The molecule has 1 aliphatic heterocycles. The van der Waals surface area contributed by atoms with E-state index in [-0.39, 0.29) is 18.4 Å². The maximum Gasteiger partial charge on any atom is 0.148 e. The summed E-state index contributed by atoms with van der Waals surface area (Å²) in [6.07, 6.45) is 2.04. The molecule has 0 amide bonds. The first kappa shape index (κ1) is 13.5. The Balaban J connectivity index is 2.11. The number of rotatable bonds is 4. The van der Waals surface area contributed by atoms with E-state index < -0.39 is 9.84 Å². The zero-order valence-corrected chi connectivity index (χ0v) is 11.4. The second-order valence-electron chi connectivity index (χ2n) is 4.91. The van der Waals surface area contributed by atoms with Gasteiger partial charge < -0.3 is 5.11 Å². The molecule has 1 atom stereocenters. The molecule has 0 spiro atoms. The monoisotopic (exact) mass is 269 g/mol. The summed E-state index contributed by atoms with van der Waals surface area (Å²) in [4.78, 5) is 2.06. The van der Waals surface area contributed by atoms with Crippen LogP contribution >= 0.6 is 0 Å². The van der Waals surface area contributed by atoms with Gasteiger partial charge in [0.1, 0.15) is 9.84 Å². The summed E-state index contributed by atoms with van der Waals surface area (Å²) in [6.45, 7) is 1.27. The molecule has 2 rings (SSSR count). The third kappa shape index (κ3) is 3.31. The van der Waals surface area contributed by atoms with Crippen molar-refractivity contribution in [3.8, 4) is 0 Å². The molecule has 1 N–H and O–H groups in total. The fourth-order valence-corrected chi connectivity index (χ4v) is 2.93. The van der Waals surface area contributed by atoms with Crippen molar-refractivity contribution in [2.75, 3.05) is 25.2 Å². The third-order valence-electron chi connectivity index (χ3n) is 3.42. The van der Waals surface area contributed by atoms with Gasteiger partial charge in [-0.05, 0) is 17.5 Å². The summed E-state index contributed by atoms with van der Waals surface area (Å²) in [5.74, 6) is 0.145. The first-order chi connectivity index (χ1) is 8.49. The highest BCUT2D eigenvalue weighted by atomic mass is 32.2. The minimum absolute atomic E-state index is 0.0293. The standard InChI is InChI=1S/C13H19NO3S/c1-18(16,17)7-6-14-9-12-5-3-2-4-11(12)8-13(14)10-15/h2-5,13,15H,6-10H2,1H3. The van der Waals surface area contributed by atoms with Crippen molar-refractivity contribution in [1.29, 1.82) is 0 Å². The lowest BCUT2D eigenvalue weighted by molar-refractivity contribution is 0.112. The largest absolute Gasteiger partial charge is 0.395 e. The van der Waals surface area contributed by atoms with Crippen molar-refractivity contribution in [2.45, 2.75) is 19.0 Å². The van der Waals surface area contributed by atoms with E-state index in [1.54, 1.807) is 0 Å². The van der Waals surface area contributed by atoms with Crippen LogP contribution in [0.25, 0.3) is 0 Å². The maximum atomic E-state index is 11.2. The number of aliphatic hydroxyl groups is 1. The van der Waals surface area contributed by atoms with Gasteiger partial charge in [-0.25, -0.2) is 8.42 Å². The first-order valence-electron chi connectivity index (χ1n) is 6.09. The molecule has 1 unspecified atom stereocenters. The summed E-state index contributed by atoms with van der Waals surface area (Å²) in [7, 11) is -2.96. The Hall–Kier alpha value is -0.910. The average molecular weight is 269 g/mol. The average Bonchev–Trinajstić information content (AvgIpc) is 2.34. The molecule has 100 valence electrons. The third-order valence-corrected chi connectivity index (χ3v) is 4.35. The van der Waals surface area contributed by atoms with Crippen molar-refractivity contribution in [3.63, 3.8) is 0 Å². The van der Waals surface area contributed by atoms with E-state index in [4.69, 9.17) is 0 Å². The van der Waals surface area contributed by atoms with Crippen LogP contribution in [-0.2, 0) is 22.8 Å². The molecule has 0 saturated heterocycles. The number of fused-ring (bicyclic) bond motifs is 1. The van der Waals surface area contributed by atoms with Gasteiger partial charge in [0.05, 0.1) is 12.4 Å². The molecule has 18 heavy (non-hydrogen) atoms. The lowest BCUT2D eigenvalue weighted by atomic mass is 9.94. The first-order valence-corrected chi connectivity index (χ1v) is 8.15. The van der Waals surface area contributed by atoms with Crippen molar-refractivity contribution < 1.29 is 13.5 Å². The van der Waals surface area contributed by atoms with E-state index in [2.05, 4.69) is 17.0 Å². The Bertz CT molecular complexity index is 513.